The molecule has 1 amide bonds. The third-order valence-corrected chi connectivity index (χ3v) is 4.43. The maximum Gasteiger partial charge on any atom is 0.261 e. The molecule has 0 atom stereocenters. The first-order valence-electron chi connectivity index (χ1n) is 8.08. The van der Waals surface area contributed by atoms with Crippen LogP contribution in [0.4, 0.5) is 0 Å². The molecule has 2 rings (SSSR count). The van der Waals surface area contributed by atoms with Gasteiger partial charge in [0.15, 0.2) is 11.5 Å². The van der Waals surface area contributed by atoms with Gasteiger partial charge < -0.3 is 19.9 Å². The molecule has 0 saturated heterocycles. The molecule has 0 saturated carbocycles. The third kappa shape index (κ3) is 5.50. The Morgan fingerprint density at radius 2 is 1.96 bits per heavy atom. The number of aromatic hydroxyl groups is 1. The van der Waals surface area contributed by atoms with Gasteiger partial charge in [-0.15, -0.1) is 0 Å². The first-order valence-corrected chi connectivity index (χ1v) is 8.87. The van der Waals surface area contributed by atoms with Crippen molar-refractivity contribution in [3.8, 4) is 23.3 Å². The highest BCUT2D eigenvalue weighted by Gasteiger charge is 2.10. The molecule has 2 aromatic rings. The van der Waals surface area contributed by atoms with Gasteiger partial charge >= 0.3 is 0 Å². The van der Waals surface area contributed by atoms with Gasteiger partial charge in [0.05, 0.1) is 18.7 Å². The standard InChI is InChI=1S/C20H19BrN2O4/c1-26-18-6-4-13(11-19(18)27-2)7-8-23-20(25)15(12-22)9-14-3-5-17(24)16(21)10-14/h3-6,9-11,24H,7-8H2,1-2H3,(H,23,25)/b15-9+. The van der Waals surface area contributed by atoms with Crippen LogP contribution in [0.5, 0.6) is 17.2 Å². The highest BCUT2D eigenvalue weighted by Crippen LogP contribution is 2.27. The molecular weight excluding hydrogens is 412 g/mol. The van der Waals surface area contributed by atoms with Gasteiger partial charge in [0, 0.05) is 6.54 Å². The van der Waals surface area contributed by atoms with Crippen molar-refractivity contribution in [1.29, 1.82) is 5.26 Å². The molecule has 0 aliphatic carbocycles. The van der Waals surface area contributed by atoms with E-state index in [1.54, 1.807) is 32.4 Å². The number of carbonyl (C=O) groups excluding carboxylic acids is 1. The molecule has 0 spiro atoms. The van der Waals surface area contributed by atoms with E-state index in [2.05, 4.69) is 21.2 Å². The number of benzene rings is 2. The van der Waals surface area contributed by atoms with Crippen LogP contribution < -0.4 is 14.8 Å². The molecule has 0 aromatic heterocycles. The molecule has 6 nitrogen and oxygen atoms in total. The van der Waals surface area contributed by atoms with E-state index in [9.17, 15) is 15.2 Å². The van der Waals surface area contributed by atoms with Crippen LogP contribution in [0.25, 0.3) is 6.08 Å². The van der Waals surface area contributed by atoms with Crippen LogP contribution in [-0.2, 0) is 11.2 Å². The number of phenolic OH excluding ortho intramolecular Hbond substituents is 1. The zero-order chi connectivity index (χ0) is 19.8. The van der Waals surface area contributed by atoms with E-state index in [0.717, 1.165) is 5.56 Å². The van der Waals surface area contributed by atoms with Gasteiger partial charge in [-0.3, -0.25) is 4.79 Å². The molecule has 2 aromatic carbocycles. The second-order valence-electron chi connectivity index (χ2n) is 5.58. The van der Waals surface area contributed by atoms with Crippen molar-refractivity contribution < 1.29 is 19.4 Å². The summed E-state index contributed by atoms with van der Waals surface area (Å²) in [5, 5.41) is 21.5. The lowest BCUT2D eigenvalue weighted by Gasteiger charge is -2.10. The van der Waals surface area contributed by atoms with E-state index in [0.29, 0.717) is 34.5 Å². The number of carbonyl (C=O) groups is 1. The Bertz CT molecular complexity index is 903. The first kappa shape index (κ1) is 20.3. The summed E-state index contributed by atoms with van der Waals surface area (Å²) >= 11 is 3.20. The normalized spacial score (nSPS) is 10.8. The monoisotopic (exact) mass is 430 g/mol. The summed E-state index contributed by atoms with van der Waals surface area (Å²) in [5.74, 6) is 0.893. The van der Waals surface area contributed by atoms with Crippen molar-refractivity contribution in [2.75, 3.05) is 20.8 Å². The number of phenols is 1. The van der Waals surface area contributed by atoms with E-state index >= 15 is 0 Å². The topological polar surface area (TPSA) is 91.6 Å². The number of hydrogen-bond donors (Lipinski definition) is 2. The maximum absolute atomic E-state index is 12.2. The Morgan fingerprint density at radius 3 is 2.59 bits per heavy atom. The number of methoxy groups -OCH3 is 2. The lowest BCUT2D eigenvalue weighted by atomic mass is 10.1. The van der Waals surface area contributed by atoms with Crippen molar-refractivity contribution in [1.82, 2.24) is 5.32 Å². The van der Waals surface area contributed by atoms with Crippen LogP contribution >= 0.6 is 15.9 Å². The fourth-order valence-electron chi connectivity index (χ4n) is 2.38. The smallest absolute Gasteiger partial charge is 0.261 e. The Kier molecular flexibility index (Phi) is 7.26. The van der Waals surface area contributed by atoms with Crippen molar-refractivity contribution in [2.45, 2.75) is 6.42 Å². The number of amides is 1. The van der Waals surface area contributed by atoms with Crippen LogP contribution in [0.2, 0.25) is 0 Å². The van der Waals surface area contributed by atoms with E-state index in [1.165, 1.54) is 12.1 Å². The minimum atomic E-state index is -0.456. The summed E-state index contributed by atoms with van der Waals surface area (Å²) in [6.45, 7) is 0.368. The van der Waals surface area contributed by atoms with Gasteiger partial charge in [0.2, 0.25) is 0 Å². The van der Waals surface area contributed by atoms with E-state index in [4.69, 9.17) is 9.47 Å². The highest BCUT2D eigenvalue weighted by atomic mass is 79.9. The molecule has 0 unspecified atom stereocenters. The number of halogens is 1. The second kappa shape index (κ2) is 9.64. The molecule has 2 N–H and O–H groups in total. The van der Waals surface area contributed by atoms with Crippen molar-refractivity contribution in [3.63, 3.8) is 0 Å². The van der Waals surface area contributed by atoms with Gasteiger partial charge in [-0.05, 0) is 63.8 Å². The van der Waals surface area contributed by atoms with Crippen LogP contribution in [0.3, 0.4) is 0 Å². The predicted molar refractivity (Wildman–Crippen MR) is 106 cm³/mol. The number of hydrogen-bond acceptors (Lipinski definition) is 5. The molecule has 0 bridgehead atoms. The molecule has 0 aliphatic heterocycles. The molecule has 0 radical (unpaired) electrons. The van der Waals surface area contributed by atoms with Crippen molar-refractivity contribution in [3.05, 3.63) is 57.6 Å². The molecule has 0 aliphatic rings. The van der Waals surface area contributed by atoms with Crippen molar-refractivity contribution >= 4 is 27.9 Å². The molecular formula is C20H19BrN2O4. The fourth-order valence-corrected chi connectivity index (χ4v) is 2.78. The fraction of sp³-hybridized carbons (Fsp3) is 0.200. The van der Waals surface area contributed by atoms with E-state index < -0.39 is 5.91 Å². The van der Waals surface area contributed by atoms with E-state index in [-0.39, 0.29) is 11.3 Å². The summed E-state index contributed by atoms with van der Waals surface area (Å²) in [5.41, 5.74) is 1.59. The largest absolute Gasteiger partial charge is 0.507 e. The van der Waals surface area contributed by atoms with Crippen LogP contribution in [-0.4, -0.2) is 31.8 Å². The summed E-state index contributed by atoms with van der Waals surface area (Å²) in [6.07, 6.45) is 2.05. The van der Waals surface area contributed by atoms with Crippen LogP contribution in [0.1, 0.15) is 11.1 Å². The Morgan fingerprint density at radius 1 is 1.22 bits per heavy atom. The maximum atomic E-state index is 12.2. The van der Waals surface area contributed by atoms with Gasteiger partial charge in [-0.1, -0.05) is 12.1 Å². The van der Waals surface area contributed by atoms with Crippen LogP contribution in [0.15, 0.2) is 46.4 Å². The third-order valence-electron chi connectivity index (χ3n) is 3.80. The quantitative estimate of drug-likeness (QED) is 0.518. The minimum Gasteiger partial charge on any atom is -0.507 e. The summed E-state index contributed by atoms with van der Waals surface area (Å²) in [4.78, 5) is 12.2. The first-order chi connectivity index (χ1) is 13.0. The molecule has 0 fully saturated rings. The zero-order valence-corrected chi connectivity index (χ0v) is 16.5. The van der Waals surface area contributed by atoms with Gasteiger partial charge in [-0.2, -0.15) is 5.26 Å². The average molecular weight is 431 g/mol. The Labute approximate surface area is 166 Å². The van der Waals surface area contributed by atoms with Gasteiger partial charge in [-0.25, -0.2) is 0 Å². The van der Waals surface area contributed by atoms with Crippen LogP contribution in [0, 0.1) is 11.3 Å². The average Bonchev–Trinajstić information content (AvgIpc) is 2.68. The Balaban J connectivity index is 2.00. The lowest BCUT2D eigenvalue weighted by molar-refractivity contribution is -0.117. The lowest BCUT2D eigenvalue weighted by Crippen LogP contribution is -2.26. The molecule has 27 heavy (non-hydrogen) atoms. The second-order valence-corrected chi connectivity index (χ2v) is 6.43. The Hall–Kier alpha value is -2.98. The summed E-state index contributed by atoms with van der Waals surface area (Å²) in [7, 11) is 3.13. The predicted octanol–water partition coefficient (Wildman–Crippen LogP) is 3.44. The van der Waals surface area contributed by atoms with Gasteiger partial charge in [0.25, 0.3) is 5.91 Å². The minimum absolute atomic E-state index is 0.0140. The number of nitriles is 1. The summed E-state index contributed by atoms with van der Waals surface area (Å²) < 4.78 is 10.9. The number of rotatable bonds is 7. The molecule has 7 heteroatoms. The summed E-state index contributed by atoms with van der Waals surface area (Å²) in [6, 6.07) is 12.2. The van der Waals surface area contributed by atoms with Crippen molar-refractivity contribution in [2.24, 2.45) is 0 Å². The van der Waals surface area contributed by atoms with Gasteiger partial charge in [0.1, 0.15) is 17.4 Å². The molecule has 0 heterocycles. The SMILES string of the molecule is COc1ccc(CCNC(=O)/C(C#N)=C/c2ccc(O)c(Br)c2)cc1OC. The zero-order valence-electron chi connectivity index (χ0n) is 15.0. The highest BCUT2D eigenvalue weighted by molar-refractivity contribution is 9.10. The molecule has 140 valence electrons. The number of nitrogens with one attached hydrogen (secondary N) is 1. The number of ether oxygens (including phenoxy) is 2. The number of nitrogens with zero attached hydrogens (tertiary/aromatic N) is 1. The van der Waals surface area contributed by atoms with E-state index in [1.807, 2.05) is 18.2 Å².